The molecule has 100 valence electrons. The Hall–Kier alpha value is -2.42. The van der Waals surface area contributed by atoms with Crippen LogP contribution in [-0.2, 0) is 6.54 Å². The van der Waals surface area contributed by atoms with Crippen molar-refractivity contribution in [1.82, 2.24) is 4.98 Å². The summed E-state index contributed by atoms with van der Waals surface area (Å²) < 4.78 is 13.5. The first-order chi connectivity index (χ1) is 9.74. The summed E-state index contributed by atoms with van der Waals surface area (Å²) in [5, 5.41) is 4.42. The zero-order valence-electron chi connectivity index (χ0n) is 11.2. The first-order valence-corrected chi connectivity index (χ1v) is 6.57. The molecule has 0 atom stereocenters. The minimum absolute atomic E-state index is 0.163. The molecule has 0 saturated heterocycles. The second kappa shape index (κ2) is 5.29. The van der Waals surface area contributed by atoms with Crippen LogP contribution in [0.25, 0.3) is 10.9 Å². The number of fused-ring (bicyclic) bond motifs is 1. The highest BCUT2D eigenvalue weighted by Crippen LogP contribution is 2.22. The summed E-state index contributed by atoms with van der Waals surface area (Å²) in [6.07, 6.45) is 1.78. The average Bonchev–Trinajstić information content (AvgIpc) is 2.48. The van der Waals surface area contributed by atoms with E-state index in [0.29, 0.717) is 12.1 Å². The van der Waals surface area contributed by atoms with E-state index in [2.05, 4.69) is 10.3 Å². The summed E-state index contributed by atoms with van der Waals surface area (Å²) >= 11 is 0. The maximum atomic E-state index is 13.5. The van der Waals surface area contributed by atoms with Crippen molar-refractivity contribution in [1.29, 1.82) is 0 Å². The molecule has 0 aliphatic carbocycles. The third-order valence-corrected chi connectivity index (χ3v) is 3.36. The molecule has 1 N–H and O–H groups in total. The van der Waals surface area contributed by atoms with Crippen molar-refractivity contribution >= 4 is 16.6 Å². The van der Waals surface area contributed by atoms with Crippen LogP contribution in [0.5, 0.6) is 0 Å². The molecule has 0 spiro atoms. The number of nitrogens with zero attached hydrogens (tertiary/aromatic N) is 1. The van der Waals surface area contributed by atoms with Crippen LogP contribution < -0.4 is 5.32 Å². The minimum atomic E-state index is -0.163. The number of pyridine rings is 1. The quantitative estimate of drug-likeness (QED) is 0.764. The van der Waals surface area contributed by atoms with Crippen molar-refractivity contribution in [3.63, 3.8) is 0 Å². The van der Waals surface area contributed by atoms with E-state index < -0.39 is 0 Å². The fourth-order valence-electron chi connectivity index (χ4n) is 2.20. The number of halogens is 1. The van der Waals surface area contributed by atoms with E-state index in [9.17, 15) is 4.39 Å². The number of aromatic nitrogens is 1. The van der Waals surface area contributed by atoms with Crippen LogP contribution in [0.1, 0.15) is 11.1 Å². The van der Waals surface area contributed by atoms with Gasteiger partial charge in [0.25, 0.3) is 0 Å². The van der Waals surface area contributed by atoms with Gasteiger partial charge in [0.2, 0.25) is 0 Å². The number of hydrogen-bond donors (Lipinski definition) is 1. The highest BCUT2D eigenvalue weighted by atomic mass is 19.1. The Bertz CT molecular complexity index is 748. The van der Waals surface area contributed by atoms with Gasteiger partial charge in [-0.1, -0.05) is 18.2 Å². The fraction of sp³-hybridized carbons (Fsp3) is 0.118. The van der Waals surface area contributed by atoms with Gasteiger partial charge in [0.15, 0.2) is 0 Å². The smallest absolute Gasteiger partial charge is 0.126 e. The zero-order chi connectivity index (χ0) is 13.9. The molecule has 0 saturated carbocycles. The monoisotopic (exact) mass is 266 g/mol. The van der Waals surface area contributed by atoms with Gasteiger partial charge < -0.3 is 5.32 Å². The van der Waals surface area contributed by atoms with E-state index in [0.717, 1.165) is 22.2 Å². The normalized spacial score (nSPS) is 10.7. The molecule has 3 rings (SSSR count). The molecule has 2 nitrogen and oxygen atoms in total. The molecule has 1 aromatic heterocycles. The van der Waals surface area contributed by atoms with Crippen LogP contribution >= 0.6 is 0 Å². The van der Waals surface area contributed by atoms with Crippen molar-refractivity contribution < 1.29 is 4.39 Å². The highest BCUT2D eigenvalue weighted by Gasteiger charge is 2.02. The summed E-state index contributed by atoms with van der Waals surface area (Å²) in [4.78, 5) is 4.32. The lowest BCUT2D eigenvalue weighted by atomic mass is 10.1. The number of rotatable bonds is 3. The van der Waals surface area contributed by atoms with Gasteiger partial charge in [-0.3, -0.25) is 4.98 Å². The van der Waals surface area contributed by atoms with E-state index in [1.807, 2.05) is 36.4 Å². The third-order valence-electron chi connectivity index (χ3n) is 3.36. The maximum absolute atomic E-state index is 13.5. The molecular weight excluding hydrogens is 251 g/mol. The second-order valence-electron chi connectivity index (χ2n) is 4.81. The predicted molar refractivity (Wildman–Crippen MR) is 80.2 cm³/mol. The van der Waals surface area contributed by atoms with Crippen molar-refractivity contribution in [3.8, 4) is 0 Å². The zero-order valence-corrected chi connectivity index (χ0v) is 11.2. The van der Waals surface area contributed by atoms with Crippen LogP contribution in [-0.4, -0.2) is 4.98 Å². The van der Waals surface area contributed by atoms with Gasteiger partial charge in [-0.15, -0.1) is 0 Å². The Morgan fingerprint density at radius 1 is 1.10 bits per heavy atom. The van der Waals surface area contributed by atoms with Crippen LogP contribution in [0.3, 0.4) is 0 Å². The number of benzene rings is 2. The van der Waals surface area contributed by atoms with E-state index >= 15 is 0 Å². The molecule has 0 unspecified atom stereocenters. The predicted octanol–water partition coefficient (Wildman–Crippen LogP) is 4.29. The van der Waals surface area contributed by atoms with E-state index in [1.54, 1.807) is 25.3 Å². The number of anilines is 1. The van der Waals surface area contributed by atoms with Gasteiger partial charge in [-0.25, -0.2) is 4.39 Å². The van der Waals surface area contributed by atoms with Crippen molar-refractivity contribution in [3.05, 3.63) is 71.7 Å². The SMILES string of the molecule is Cc1ccc(CNc2cccc3ncccc23)cc1F. The van der Waals surface area contributed by atoms with Crippen LogP contribution in [0, 0.1) is 12.7 Å². The molecule has 1 heterocycles. The van der Waals surface area contributed by atoms with Crippen LogP contribution in [0.15, 0.2) is 54.7 Å². The summed E-state index contributed by atoms with van der Waals surface area (Å²) in [7, 11) is 0. The van der Waals surface area contributed by atoms with Crippen LogP contribution in [0.2, 0.25) is 0 Å². The van der Waals surface area contributed by atoms with E-state index in [4.69, 9.17) is 0 Å². The molecule has 0 fully saturated rings. The van der Waals surface area contributed by atoms with E-state index in [-0.39, 0.29) is 5.82 Å². The Morgan fingerprint density at radius 2 is 2.00 bits per heavy atom. The summed E-state index contributed by atoms with van der Waals surface area (Å²) in [5.41, 5.74) is 3.56. The summed E-state index contributed by atoms with van der Waals surface area (Å²) in [6.45, 7) is 2.36. The number of hydrogen-bond acceptors (Lipinski definition) is 2. The minimum Gasteiger partial charge on any atom is -0.380 e. The van der Waals surface area contributed by atoms with E-state index in [1.165, 1.54) is 0 Å². The molecule has 0 aliphatic rings. The lowest BCUT2D eigenvalue weighted by molar-refractivity contribution is 0.616. The first-order valence-electron chi connectivity index (χ1n) is 6.57. The standard InChI is InChI=1S/C17H15FN2/c1-12-7-8-13(10-15(12)18)11-20-17-6-2-5-16-14(17)4-3-9-19-16/h2-10,20H,11H2,1H3. The summed E-state index contributed by atoms with van der Waals surface area (Å²) in [5.74, 6) is -0.163. The molecule has 20 heavy (non-hydrogen) atoms. The second-order valence-corrected chi connectivity index (χ2v) is 4.81. The van der Waals surface area contributed by atoms with Crippen molar-refractivity contribution in [2.75, 3.05) is 5.32 Å². The van der Waals surface area contributed by atoms with Crippen LogP contribution in [0.4, 0.5) is 10.1 Å². The third kappa shape index (κ3) is 2.48. The summed E-state index contributed by atoms with van der Waals surface area (Å²) in [6, 6.07) is 15.2. The number of nitrogens with one attached hydrogen (secondary N) is 1. The molecule has 0 radical (unpaired) electrons. The Morgan fingerprint density at radius 3 is 2.85 bits per heavy atom. The largest absolute Gasteiger partial charge is 0.380 e. The van der Waals surface area contributed by atoms with Crippen molar-refractivity contribution in [2.24, 2.45) is 0 Å². The molecule has 0 amide bonds. The Labute approximate surface area is 117 Å². The topological polar surface area (TPSA) is 24.9 Å². The average molecular weight is 266 g/mol. The molecule has 2 aromatic carbocycles. The van der Waals surface area contributed by atoms with Gasteiger partial charge in [0.1, 0.15) is 5.82 Å². The lowest BCUT2D eigenvalue weighted by Crippen LogP contribution is -2.01. The lowest BCUT2D eigenvalue weighted by Gasteiger charge is -2.10. The van der Waals surface area contributed by atoms with Crippen molar-refractivity contribution in [2.45, 2.75) is 13.5 Å². The van der Waals surface area contributed by atoms with Gasteiger partial charge in [-0.05, 0) is 48.4 Å². The highest BCUT2D eigenvalue weighted by molar-refractivity contribution is 5.91. The Kier molecular flexibility index (Phi) is 3.33. The maximum Gasteiger partial charge on any atom is 0.126 e. The van der Waals surface area contributed by atoms with Gasteiger partial charge in [0, 0.05) is 23.8 Å². The molecule has 0 aliphatic heterocycles. The number of aryl methyl sites for hydroxylation is 1. The Balaban J connectivity index is 1.85. The first kappa shape index (κ1) is 12.6. The molecular formula is C17H15FN2. The molecule has 3 heteroatoms. The van der Waals surface area contributed by atoms with Gasteiger partial charge in [0.05, 0.1) is 5.52 Å². The molecule has 0 bridgehead atoms. The molecule has 3 aromatic rings. The van der Waals surface area contributed by atoms with Gasteiger partial charge >= 0.3 is 0 Å². The fourth-order valence-corrected chi connectivity index (χ4v) is 2.20. The van der Waals surface area contributed by atoms with Gasteiger partial charge in [-0.2, -0.15) is 0 Å².